The van der Waals surface area contributed by atoms with Gasteiger partial charge in [0.05, 0.1) is 37.7 Å². The van der Waals surface area contributed by atoms with Crippen molar-refractivity contribution in [1.82, 2.24) is 15.0 Å². The van der Waals surface area contributed by atoms with Crippen LogP contribution in [0.15, 0.2) is 42.5 Å². The first kappa shape index (κ1) is 20.8. The molecule has 31 heavy (non-hydrogen) atoms. The van der Waals surface area contributed by atoms with Crippen LogP contribution in [0, 0.1) is 5.82 Å². The molecule has 3 aromatic rings. The lowest BCUT2D eigenvalue weighted by atomic mass is 10.1. The van der Waals surface area contributed by atoms with E-state index in [2.05, 4.69) is 15.6 Å². The minimum atomic E-state index is -0.417. The van der Waals surface area contributed by atoms with Gasteiger partial charge in [-0.1, -0.05) is 17.3 Å². The molecule has 2 heterocycles. The summed E-state index contributed by atoms with van der Waals surface area (Å²) in [7, 11) is 0. The molecule has 0 aliphatic carbocycles. The molecule has 1 aromatic heterocycles. The van der Waals surface area contributed by atoms with E-state index in [1.807, 2.05) is 13.8 Å². The first-order valence-corrected chi connectivity index (χ1v) is 10.1. The van der Waals surface area contributed by atoms with Crippen molar-refractivity contribution in [3.8, 4) is 11.5 Å². The van der Waals surface area contributed by atoms with Gasteiger partial charge in [-0.15, -0.1) is 5.10 Å². The van der Waals surface area contributed by atoms with Crippen molar-refractivity contribution in [1.29, 1.82) is 0 Å². The van der Waals surface area contributed by atoms with Gasteiger partial charge < -0.3 is 19.5 Å². The lowest BCUT2D eigenvalue weighted by Crippen LogP contribution is -2.24. The molecule has 0 fully saturated rings. The molecule has 9 heteroatoms. The molecule has 1 unspecified atom stereocenters. The lowest BCUT2D eigenvalue weighted by Gasteiger charge is -2.24. The van der Waals surface area contributed by atoms with Crippen LogP contribution in [0.1, 0.15) is 41.7 Å². The summed E-state index contributed by atoms with van der Waals surface area (Å²) in [6.45, 7) is 5.26. The Labute approximate surface area is 178 Å². The molecule has 1 atom stereocenters. The standard InChI is InChI=1S/C22H23FN4O4/c1-3-29-16-9-10-19(30-4-2)17(11-16)24-22(28)21-18-13-31-20(12-27(18)26-25-21)14-5-7-15(23)8-6-14/h5-11,20H,3-4,12-13H2,1-2H3,(H,24,28). The molecule has 0 saturated heterocycles. The fourth-order valence-corrected chi connectivity index (χ4v) is 3.39. The van der Waals surface area contributed by atoms with E-state index >= 15 is 0 Å². The van der Waals surface area contributed by atoms with E-state index < -0.39 is 5.91 Å². The third-order valence-corrected chi connectivity index (χ3v) is 4.86. The molecule has 0 radical (unpaired) electrons. The van der Waals surface area contributed by atoms with Crippen molar-refractivity contribution in [2.45, 2.75) is 33.1 Å². The Kier molecular flexibility index (Phi) is 6.13. The van der Waals surface area contributed by atoms with Gasteiger partial charge in [-0.3, -0.25) is 4.79 Å². The highest BCUT2D eigenvalue weighted by molar-refractivity contribution is 6.04. The maximum absolute atomic E-state index is 13.2. The van der Waals surface area contributed by atoms with Crippen LogP contribution >= 0.6 is 0 Å². The topological polar surface area (TPSA) is 87.5 Å². The molecule has 1 aliphatic rings. The smallest absolute Gasteiger partial charge is 0.278 e. The monoisotopic (exact) mass is 426 g/mol. The summed E-state index contributed by atoms with van der Waals surface area (Å²) in [6, 6.07) is 11.4. The molecule has 162 valence electrons. The maximum atomic E-state index is 13.2. The van der Waals surface area contributed by atoms with Gasteiger partial charge in [-0.2, -0.15) is 0 Å². The van der Waals surface area contributed by atoms with Gasteiger partial charge in [0, 0.05) is 6.07 Å². The zero-order chi connectivity index (χ0) is 21.8. The minimum Gasteiger partial charge on any atom is -0.494 e. The van der Waals surface area contributed by atoms with Gasteiger partial charge in [0.25, 0.3) is 5.91 Å². The van der Waals surface area contributed by atoms with Crippen molar-refractivity contribution in [3.63, 3.8) is 0 Å². The number of hydrogen-bond acceptors (Lipinski definition) is 6. The van der Waals surface area contributed by atoms with Crippen LogP contribution in [-0.4, -0.2) is 34.1 Å². The Balaban J connectivity index is 1.53. The average Bonchev–Trinajstić information content (AvgIpc) is 3.20. The first-order valence-electron chi connectivity index (χ1n) is 10.1. The largest absolute Gasteiger partial charge is 0.494 e. The van der Waals surface area contributed by atoms with Gasteiger partial charge in [0.2, 0.25) is 0 Å². The van der Waals surface area contributed by atoms with E-state index in [9.17, 15) is 9.18 Å². The third-order valence-electron chi connectivity index (χ3n) is 4.86. The Bertz CT molecular complexity index is 1070. The Hall–Kier alpha value is -3.46. The van der Waals surface area contributed by atoms with Crippen molar-refractivity contribution < 1.29 is 23.4 Å². The number of nitrogens with zero attached hydrogens (tertiary/aromatic N) is 3. The van der Waals surface area contributed by atoms with E-state index in [4.69, 9.17) is 14.2 Å². The molecule has 8 nitrogen and oxygen atoms in total. The predicted molar refractivity (Wildman–Crippen MR) is 111 cm³/mol. The molecule has 0 bridgehead atoms. The number of hydrogen-bond donors (Lipinski definition) is 1. The number of anilines is 1. The number of fused-ring (bicyclic) bond motifs is 1. The quantitative estimate of drug-likeness (QED) is 0.619. The van der Waals surface area contributed by atoms with Crippen molar-refractivity contribution in [3.05, 3.63) is 65.2 Å². The normalized spacial score (nSPS) is 15.3. The molecule has 0 saturated carbocycles. The molecule has 0 spiro atoms. The van der Waals surface area contributed by atoms with E-state index in [0.29, 0.717) is 42.6 Å². The summed E-state index contributed by atoms with van der Waals surface area (Å²) in [6.07, 6.45) is -0.293. The van der Waals surface area contributed by atoms with Crippen LogP contribution in [0.4, 0.5) is 10.1 Å². The summed E-state index contributed by atoms with van der Waals surface area (Å²) < 4.78 is 31.9. The van der Waals surface area contributed by atoms with Crippen LogP contribution in [0.5, 0.6) is 11.5 Å². The number of carbonyl (C=O) groups is 1. The summed E-state index contributed by atoms with van der Waals surface area (Å²) >= 11 is 0. The second-order valence-electron chi connectivity index (χ2n) is 6.90. The van der Waals surface area contributed by atoms with Crippen LogP contribution in [-0.2, 0) is 17.9 Å². The Morgan fingerprint density at radius 2 is 1.97 bits per heavy atom. The van der Waals surface area contributed by atoms with E-state index in [0.717, 1.165) is 5.56 Å². The molecule has 1 N–H and O–H groups in total. The van der Waals surface area contributed by atoms with Gasteiger partial charge in [0.1, 0.15) is 23.4 Å². The average molecular weight is 426 g/mol. The second-order valence-corrected chi connectivity index (χ2v) is 6.90. The number of benzene rings is 2. The van der Waals surface area contributed by atoms with Crippen molar-refractivity contribution >= 4 is 11.6 Å². The molecule has 1 aliphatic heterocycles. The summed E-state index contributed by atoms with van der Waals surface area (Å²) in [5.74, 6) is 0.434. The van der Waals surface area contributed by atoms with Crippen molar-refractivity contribution in [2.75, 3.05) is 18.5 Å². The van der Waals surface area contributed by atoms with Crippen molar-refractivity contribution in [2.24, 2.45) is 0 Å². The van der Waals surface area contributed by atoms with Crippen LogP contribution in [0.25, 0.3) is 0 Å². The molecule has 1 amide bonds. The zero-order valence-electron chi connectivity index (χ0n) is 17.3. The molecular weight excluding hydrogens is 403 g/mol. The van der Waals surface area contributed by atoms with Gasteiger partial charge in [0.15, 0.2) is 5.69 Å². The fraction of sp³-hybridized carbons (Fsp3) is 0.318. The van der Waals surface area contributed by atoms with Gasteiger partial charge >= 0.3 is 0 Å². The number of nitrogens with one attached hydrogen (secondary N) is 1. The fourth-order valence-electron chi connectivity index (χ4n) is 3.39. The molecule has 2 aromatic carbocycles. The first-order chi connectivity index (χ1) is 15.1. The SMILES string of the molecule is CCOc1ccc(OCC)c(NC(=O)c2nnn3c2COC(c2ccc(F)cc2)C3)c1. The predicted octanol–water partition coefficient (Wildman–Crippen LogP) is 3.74. The van der Waals surface area contributed by atoms with Crippen LogP contribution < -0.4 is 14.8 Å². The highest BCUT2D eigenvalue weighted by atomic mass is 19.1. The number of amides is 1. The number of halogens is 1. The Morgan fingerprint density at radius 3 is 2.71 bits per heavy atom. The maximum Gasteiger partial charge on any atom is 0.278 e. The minimum absolute atomic E-state index is 0.162. The summed E-state index contributed by atoms with van der Waals surface area (Å²) in [5.41, 5.74) is 2.08. The van der Waals surface area contributed by atoms with Crippen LogP contribution in [0.2, 0.25) is 0 Å². The van der Waals surface area contributed by atoms with E-state index in [1.165, 1.54) is 12.1 Å². The third kappa shape index (κ3) is 4.51. The van der Waals surface area contributed by atoms with Gasteiger partial charge in [-0.05, 0) is 43.7 Å². The number of aromatic nitrogens is 3. The summed E-state index contributed by atoms with van der Waals surface area (Å²) in [4.78, 5) is 12.9. The lowest BCUT2D eigenvalue weighted by molar-refractivity contribution is -0.00174. The van der Waals surface area contributed by atoms with Crippen LogP contribution in [0.3, 0.4) is 0 Å². The Morgan fingerprint density at radius 1 is 1.19 bits per heavy atom. The molecule has 4 rings (SSSR count). The number of carbonyl (C=O) groups excluding carboxylic acids is 1. The zero-order valence-corrected chi connectivity index (χ0v) is 17.3. The van der Waals surface area contributed by atoms with Gasteiger partial charge in [-0.25, -0.2) is 9.07 Å². The summed E-state index contributed by atoms with van der Waals surface area (Å²) in [5, 5.41) is 11.0. The molecular formula is C22H23FN4O4. The number of ether oxygens (including phenoxy) is 3. The highest BCUT2D eigenvalue weighted by Crippen LogP contribution is 2.31. The van der Waals surface area contributed by atoms with E-state index in [1.54, 1.807) is 35.0 Å². The highest BCUT2D eigenvalue weighted by Gasteiger charge is 2.28. The number of rotatable bonds is 7. The second kappa shape index (κ2) is 9.13. The van der Waals surface area contributed by atoms with E-state index in [-0.39, 0.29) is 24.2 Å².